The lowest BCUT2D eigenvalue weighted by atomic mass is 9.93. The first kappa shape index (κ1) is 16.8. The van der Waals surface area contributed by atoms with Gasteiger partial charge in [-0.2, -0.15) is 35.3 Å². The average molecular weight is 350 g/mol. The van der Waals surface area contributed by atoms with Crippen molar-refractivity contribution in [3.63, 3.8) is 0 Å². The van der Waals surface area contributed by atoms with E-state index in [1.54, 1.807) is 0 Å². The van der Waals surface area contributed by atoms with E-state index in [0.717, 1.165) is 38.5 Å². The highest BCUT2D eigenvalue weighted by molar-refractivity contribution is 8.04. The minimum absolute atomic E-state index is 0.129. The molecule has 6 heteroatoms. The first-order valence-electron chi connectivity index (χ1n) is 8.15. The number of rotatable bonds is 2. The summed E-state index contributed by atoms with van der Waals surface area (Å²) in [4.78, 5) is 0. The summed E-state index contributed by atoms with van der Waals surface area (Å²) in [5, 5.41) is 4.19. The van der Waals surface area contributed by atoms with Crippen molar-refractivity contribution in [1.29, 1.82) is 0 Å². The van der Waals surface area contributed by atoms with Crippen LogP contribution in [-0.4, -0.2) is 72.0 Å². The van der Waals surface area contributed by atoms with Gasteiger partial charge in [0.05, 0.1) is 6.10 Å². The molecule has 0 aromatic heterocycles. The molecule has 0 radical (unpaired) electrons. The van der Waals surface area contributed by atoms with Crippen LogP contribution >= 0.6 is 35.3 Å². The second kappa shape index (κ2) is 8.69. The van der Waals surface area contributed by atoms with Gasteiger partial charge < -0.3 is 14.8 Å². The maximum absolute atomic E-state index is 6.55. The number of hydrogen-bond acceptors (Lipinski definition) is 6. The number of thioether (sulfide) groups is 3. The molecule has 3 heterocycles. The molecule has 0 aliphatic carbocycles. The van der Waals surface area contributed by atoms with Gasteiger partial charge in [-0.1, -0.05) is 0 Å². The van der Waals surface area contributed by atoms with E-state index < -0.39 is 0 Å². The fraction of sp³-hybridized carbons (Fsp3) is 1.00. The molecule has 3 unspecified atom stereocenters. The van der Waals surface area contributed by atoms with E-state index >= 15 is 0 Å². The van der Waals surface area contributed by atoms with Gasteiger partial charge in [0.25, 0.3) is 0 Å². The predicted molar refractivity (Wildman–Crippen MR) is 96.0 cm³/mol. The Morgan fingerprint density at radius 3 is 2.86 bits per heavy atom. The highest BCUT2D eigenvalue weighted by atomic mass is 32.2. The van der Waals surface area contributed by atoms with Crippen LogP contribution in [0.4, 0.5) is 0 Å². The first-order chi connectivity index (χ1) is 10.4. The fourth-order valence-corrected chi connectivity index (χ4v) is 7.36. The second-order valence-electron chi connectivity index (χ2n) is 5.91. The lowest BCUT2D eigenvalue weighted by Gasteiger charge is -2.44. The molecule has 3 nitrogen and oxygen atoms in total. The van der Waals surface area contributed by atoms with Gasteiger partial charge in [0, 0.05) is 36.5 Å². The zero-order valence-corrected chi connectivity index (χ0v) is 15.1. The summed E-state index contributed by atoms with van der Waals surface area (Å²) in [6.07, 6.45) is 3.87. The molecule has 0 aromatic rings. The normalized spacial score (nSPS) is 40.0. The Labute approximate surface area is 141 Å². The minimum atomic E-state index is -0.129. The van der Waals surface area contributed by atoms with Gasteiger partial charge in [-0.25, -0.2) is 0 Å². The first-order valence-corrected chi connectivity index (χ1v) is 11.5. The summed E-state index contributed by atoms with van der Waals surface area (Å²) in [6, 6.07) is 0. The van der Waals surface area contributed by atoms with Crippen LogP contribution < -0.4 is 5.32 Å². The topological polar surface area (TPSA) is 30.5 Å². The van der Waals surface area contributed by atoms with Gasteiger partial charge in [0.2, 0.25) is 0 Å². The summed E-state index contributed by atoms with van der Waals surface area (Å²) in [7, 11) is 0. The molecule has 3 aliphatic heterocycles. The van der Waals surface area contributed by atoms with Crippen molar-refractivity contribution in [3.05, 3.63) is 0 Å². The van der Waals surface area contributed by atoms with E-state index in [9.17, 15) is 0 Å². The van der Waals surface area contributed by atoms with Crippen molar-refractivity contribution in [3.8, 4) is 0 Å². The van der Waals surface area contributed by atoms with Gasteiger partial charge in [-0.05, 0) is 43.1 Å². The zero-order valence-electron chi connectivity index (χ0n) is 12.7. The molecule has 0 aromatic carbocycles. The molecule has 1 N–H and O–H groups in total. The van der Waals surface area contributed by atoms with Gasteiger partial charge >= 0.3 is 0 Å². The van der Waals surface area contributed by atoms with Crippen LogP contribution in [0.1, 0.15) is 19.3 Å². The molecule has 0 bridgehead atoms. The van der Waals surface area contributed by atoms with Crippen LogP contribution in [-0.2, 0) is 9.47 Å². The lowest BCUT2D eigenvalue weighted by molar-refractivity contribution is -0.127. The fourth-order valence-electron chi connectivity index (χ4n) is 3.23. The summed E-state index contributed by atoms with van der Waals surface area (Å²) < 4.78 is 12.8. The Balaban J connectivity index is 1.80. The molecule has 3 fully saturated rings. The van der Waals surface area contributed by atoms with Crippen molar-refractivity contribution in [2.75, 3.05) is 55.1 Å². The van der Waals surface area contributed by atoms with Crippen LogP contribution in [0.25, 0.3) is 0 Å². The molecule has 3 saturated heterocycles. The highest BCUT2D eigenvalue weighted by Crippen LogP contribution is 2.39. The third-order valence-electron chi connectivity index (χ3n) is 4.40. The van der Waals surface area contributed by atoms with Crippen molar-refractivity contribution in [1.82, 2.24) is 5.32 Å². The maximum Gasteiger partial charge on any atom is 0.120 e. The molecular formula is C15H27NO2S3. The van der Waals surface area contributed by atoms with E-state index in [0.29, 0.717) is 5.25 Å². The van der Waals surface area contributed by atoms with Crippen LogP contribution in [0.3, 0.4) is 0 Å². The van der Waals surface area contributed by atoms with Crippen molar-refractivity contribution in [2.24, 2.45) is 0 Å². The number of ether oxygens (including phenoxy) is 2. The molecule has 21 heavy (non-hydrogen) atoms. The Morgan fingerprint density at radius 2 is 1.86 bits per heavy atom. The molecule has 3 rings (SSSR count). The Morgan fingerprint density at radius 1 is 0.952 bits per heavy atom. The standard InChI is InChI=1S/C15H27NO2S3/c1-4-16-12-15(18-6-1,13-10-19-7-2-5-17-13)14-11-20-8-3-9-21-14/h13-14,16H,1-12H2. The van der Waals surface area contributed by atoms with Crippen LogP contribution in [0.15, 0.2) is 0 Å². The quantitative estimate of drug-likeness (QED) is 0.824. The van der Waals surface area contributed by atoms with Gasteiger partial charge in [-0.15, -0.1) is 0 Å². The zero-order chi connectivity index (χ0) is 14.4. The van der Waals surface area contributed by atoms with Crippen molar-refractivity contribution >= 4 is 35.3 Å². The van der Waals surface area contributed by atoms with E-state index in [1.165, 1.54) is 35.9 Å². The van der Waals surface area contributed by atoms with E-state index in [2.05, 4.69) is 28.8 Å². The average Bonchev–Trinajstić information content (AvgIpc) is 3.02. The molecule has 3 aliphatic rings. The van der Waals surface area contributed by atoms with Crippen LogP contribution in [0.2, 0.25) is 0 Å². The third kappa shape index (κ3) is 4.27. The minimum Gasteiger partial charge on any atom is -0.374 e. The van der Waals surface area contributed by atoms with E-state index in [1.807, 2.05) is 11.8 Å². The molecule has 0 spiro atoms. The largest absolute Gasteiger partial charge is 0.374 e. The molecule has 3 atom stereocenters. The Hall–Kier alpha value is 0.930. The SMILES string of the molecule is C1CNCC(C2CSCCCO2)(C2CSCCCS2)OC1. The van der Waals surface area contributed by atoms with Crippen LogP contribution in [0.5, 0.6) is 0 Å². The smallest absolute Gasteiger partial charge is 0.120 e. The van der Waals surface area contributed by atoms with E-state index in [4.69, 9.17) is 9.47 Å². The maximum atomic E-state index is 6.55. The van der Waals surface area contributed by atoms with Crippen molar-refractivity contribution < 1.29 is 9.47 Å². The summed E-state index contributed by atoms with van der Waals surface area (Å²) in [5.74, 6) is 6.09. The highest BCUT2D eigenvalue weighted by Gasteiger charge is 2.48. The summed E-state index contributed by atoms with van der Waals surface area (Å²) in [5.41, 5.74) is -0.129. The van der Waals surface area contributed by atoms with Crippen LogP contribution in [0, 0.1) is 0 Å². The van der Waals surface area contributed by atoms with Gasteiger partial charge in [0.1, 0.15) is 5.60 Å². The van der Waals surface area contributed by atoms with E-state index in [-0.39, 0.29) is 11.7 Å². The number of nitrogens with one attached hydrogen (secondary N) is 1. The van der Waals surface area contributed by atoms with Gasteiger partial charge in [0.15, 0.2) is 0 Å². The lowest BCUT2D eigenvalue weighted by Crippen LogP contribution is -2.60. The summed E-state index contributed by atoms with van der Waals surface area (Å²) >= 11 is 6.27. The van der Waals surface area contributed by atoms with Crippen molar-refractivity contribution in [2.45, 2.75) is 36.2 Å². The summed E-state index contributed by atoms with van der Waals surface area (Å²) in [6.45, 7) is 3.80. The predicted octanol–water partition coefficient (Wildman–Crippen LogP) is 2.50. The monoisotopic (exact) mass is 349 g/mol. The Bertz CT molecular complexity index is 273. The molecule has 0 saturated carbocycles. The molecular weight excluding hydrogens is 322 g/mol. The second-order valence-corrected chi connectivity index (χ2v) is 9.52. The molecule has 0 amide bonds. The molecule has 122 valence electrons. The third-order valence-corrected chi connectivity index (χ3v) is 8.37. The van der Waals surface area contributed by atoms with Gasteiger partial charge in [-0.3, -0.25) is 0 Å². The number of hydrogen-bond donors (Lipinski definition) is 1. The Kier molecular flexibility index (Phi) is 6.94.